The minimum Gasteiger partial charge on any atom is -0.394 e. The van der Waals surface area contributed by atoms with Crippen LogP contribution in [0.2, 0.25) is 0 Å². The second kappa shape index (κ2) is 6.42. The summed E-state index contributed by atoms with van der Waals surface area (Å²) in [7, 11) is 0. The molecule has 7 nitrogen and oxygen atoms in total. The quantitative estimate of drug-likeness (QED) is 0.550. The summed E-state index contributed by atoms with van der Waals surface area (Å²) in [4.78, 5) is 0. The number of ether oxygens (including phenoxy) is 1. The number of pyridine rings is 1. The van der Waals surface area contributed by atoms with Crippen LogP contribution in [0.25, 0.3) is 0 Å². The third-order valence-electron chi connectivity index (χ3n) is 3.98. The van der Waals surface area contributed by atoms with Crippen molar-refractivity contribution in [3.05, 3.63) is 27.5 Å². The molecule has 0 bridgehead atoms. The second-order valence-corrected chi connectivity index (χ2v) is 5.72. The standard InChI is InChI=1S/C14H18N2O5S/c1-6-3-8(4-15)14(22)16(7(6)2)13-12(20)11(19)10(18)9(5-17)21-13/h3,9-13,17-20H,5H2,1-2H3/t9-,10+,11+,12-,13+/m0/s1. The van der Waals surface area contributed by atoms with E-state index in [1.165, 1.54) is 4.57 Å². The minimum absolute atomic E-state index is 0.162. The molecule has 0 spiro atoms. The van der Waals surface area contributed by atoms with Crippen LogP contribution in [0.1, 0.15) is 23.0 Å². The van der Waals surface area contributed by atoms with Gasteiger partial charge in [-0.1, -0.05) is 12.2 Å². The first kappa shape index (κ1) is 17.0. The molecule has 1 saturated heterocycles. The highest BCUT2D eigenvalue weighted by Crippen LogP contribution is 2.31. The summed E-state index contributed by atoms with van der Waals surface area (Å²) in [5.74, 6) is 0. The average molecular weight is 326 g/mol. The van der Waals surface area contributed by atoms with E-state index >= 15 is 0 Å². The largest absolute Gasteiger partial charge is 0.394 e. The van der Waals surface area contributed by atoms with Crippen molar-refractivity contribution in [1.82, 2.24) is 4.57 Å². The maximum Gasteiger partial charge on any atom is 0.164 e. The van der Waals surface area contributed by atoms with Crippen LogP contribution >= 0.6 is 12.2 Å². The summed E-state index contributed by atoms with van der Waals surface area (Å²) in [5, 5.41) is 48.4. The normalized spacial score (nSPS) is 31.8. The van der Waals surface area contributed by atoms with Crippen molar-refractivity contribution in [3.8, 4) is 6.07 Å². The Kier molecular flexibility index (Phi) is 4.97. The number of nitriles is 1. The third-order valence-corrected chi connectivity index (χ3v) is 4.40. The van der Waals surface area contributed by atoms with E-state index in [0.717, 1.165) is 5.56 Å². The monoisotopic (exact) mass is 326 g/mol. The van der Waals surface area contributed by atoms with Crippen LogP contribution in [0.5, 0.6) is 0 Å². The van der Waals surface area contributed by atoms with E-state index in [1.54, 1.807) is 19.9 Å². The van der Waals surface area contributed by atoms with Gasteiger partial charge < -0.3 is 29.7 Å². The zero-order valence-corrected chi connectivity index (χ0v) is 13.0. The molecule has 5 atom stereocenters. The highest BCUT2D eigenvalue weighted by Gasteiger charge is 2.44. The molecule has 0 radical (unpaired) electrons. The predicted molar refractivity (Wildman–Crippen MR) is 78.5 cm³/mol. The molecule has 22 heavy (non-hydrogen) atoms. The number of nitrogens with zero attached hydrogens (tertiary/aromatic N) is 2. The number of aliphatic hydroxyl groups excluding tert-OH is 4. The molecule has 2 heterocycles. The molecule has 1 aromatic rings. The van der Waals surface area contributed by atoms with Gasteiger partial charge in [0, 0.05) is 5.69 Å². The molecular weight excluding hydrogens is 308 g/mol. The molecule has 1 aromatic heterocycles. The Bertz CT molecular complexity index is 666. The Labute approximate surface area is 132 Å². The molecule has 0 amide bonds. The lowest BCUT2D eigenvalue weighted by molar-refractivity contribution is -0.252. The van der Waals surface area contributed by atoms with Gasteiger partial charge in [-0.15, -0.1) is 0 Å². The molecule has 120 valence electrons. The SMILES string of the molecule is Cc1cc(C#N)c(=S)n([C@@H]2O[C@@H](CO)[C@@H](O)[C@@H](O)[C@@H]2O)c1C. The van der Waals surface area contributed by atoms with E-state index in [-0.39, 0.29) is 10.2 Å². The molecule has 2 rings (SSSR count). The Morgan fingerprint density at radius 1 is 1.27 bits per heavy atom. The van der Waals surface area contributed by atoms with Crippen molar-refractivity contribution in [2.45, 2.75) is 44.5 Å². The Morgan fingerprint density at radius 2 is 1.91 bits per heavy atom. The molecule has 1 aliphatic heterocycles. The minimum atomic E-state index is -1.50. The van der Waals surface area contributed by atoms with E-state index in [1.807, 2.05) is 6.07 Å². The first-order valence-electron chi connectivity index (χ1n) is 6.76. The van der Waals surface area contributed by atoms with Crippen molar-refractivity contribution in [2.24, 2.45) is 0 Å². The van der Waals surface area contributed by atoms with Crippen LogP contribution in [0, 0.1) is 29.8 Å². The lowest BCUT2D eigenvalue weighted by Gasteiger charge is -2.41. The van der Waals surface area contributed by atoms with Gasteiger partial charge in [-0.25, -0.2) is 0 Å². The first-order valence-corrected chi connectivity index (χ1v) is 7.17. The summed E-state index contributed by atoms with van der Waals surface area (Å²) in [6.45, 7) is 3.00. The van der Waals surface area contributed by atoms with E-state index < -0.39 is 37.3 Å². The summed E-state index contributed by atoms with van der Waals surface area (Å²) in [6, 6.07) is 3.62. The van der Waals surface area contributed by atoms with Gasteiger partial charge in [-0.2, -0.15) is 5.26 Å². The lowest BCUT2D eigenvalue weighted by Crippen LogP contribution is -2.56. The molecule has 8 heteroatoms. The number of hydrogen-bond acceptors (Lipinski definition) is 7. The van der Waals surface area contributed by atoms with E-state index in [9.17, 15) is 20.4 Å². The zero-order valence-electron chi connectivity index (χ0n) is 12.2. The maximum absolute atomic E-state index is 10.2. The third kappa shape index (κ3) is 2.67. The van der Waals surface area contributed by atoms with Gasteiger partial charge in [0.15, 0.2) is 6.23 Å². The summed E-state index contributed by atoms with van der Waals surface area (Å²) in [5.41, 5.74) is 1.67. The van der Waals surface area contributed by atoms with Crippen LogP contribution in [0.4, 0.5) is 0 Å². The van der Waals surface area contributed by atoms with Crippen LogP contribution in [0.3, 0.4) is 0 Å². The van der Waals surface area contributed by atoms with Gasteiger partial charge in [0.05, 0.1) is 12.2 Å². The van der Waals surface area contributed by atoms with E-state index in [2.05, 4.69) is 0 Å². The summed E-state index contributed by atoms with van der Waals surface area (Å²) < 4.78 is 7.11. The summed E-state index contributed by atoms with van der Waals surface area (Å²) >= 11 is 5.26. The maximum atomic E-state index is 10.2. The van der Waals surface area contributed by atoms with Gasteiger partial charge in [0.2, 0.25) is 0 Å². The molecule has 0 unspecified atom stereocenters. The Hall–Kier alpha value is -1.34. The van der Waals surface area contributed by atoms with Gasteiger partial charge in [-0.3, -0.25) is 0 Å². The molecule has 1 fully saturated rings. The first-order chi connectivity index (χ1) is 10.3. The van der Waals surface area contributed by atoms with Crippen molar-refractivity contribution < 1.29 is 25.2 Å². The lowest BCUT2D eigenvalue weighted by atomic mass is 9.97. The molecule has 0 aliphatic carbocycles. The van der Waals surface area contributed by atoms with Gasteiger partial charge in [0.25, 0.3) is 0 Å². The topological polar surface area (TPSA) is 119 Å². The van der Waals surface area contributed by atoms with E-state index in [0.29, 0.717) is 5.69 Å². The highest BCUT2D eigenvalue weighted by atomic mass is 32.1. The van der Waals surface area contributed by atoms with Crippen molar-refractivity contribution >= 4 is 12.2 Å². The smallest absolute Gasteiger partial charge is 0.164 e. The number of aryl methyl sites for hydroxylation is 1. The molecule has 1 aliphatic rings. The molecule has 4 N–H and O–H groups in total. The van der Waals surface area contributed by atoms with Crippen LogP contribution in [0.15, 0.2) is 6.07 Å². The Balaban J connectivity index is 2.58. The fraction of sp³-hybridized carbons (Fsp3) is 0.571. The van der Waals surface area contributed by atoms with Crippen LogP contribution in [-0.4, -0.2) is 56.0 Å². The number of aliphatic hydroxyl groups is 4. The van der Waals surface area contributed by atoms with Crippen LogP contribution in [-0.2, 0) is 4.74 Å². The van der Waals surface area contributed by atoms with Gasteiger partial charge in [0.1, 0.15) is 35.1 Å². The zero-order chi connectivity index (χ0) is 16.6. The number of hydrogen-bond donors (Lipinski definition) is 4. The van der Waals surface area contributed by atoms with Crippen LogP contribution < -0.4 is 0 Å². The van der Waals surface area contributed by atoms with Crippen molar-refractivity contribution in [3.63, 3.8) is 0 Å². The molecular formula is C14H18N2O5S. The van der Waals surface area contributed by atoms with Gasteiger partial charge >= 0.3 is 0 Å². The molecule has 0 saturated carbocycles. The fourth-order valence-corrected chi connectivity index (χ4v) is 2.88. The predicted octanol–water partition coefficient (Wildman–Crippen LogP) is -0.321. The number of rotatable bonds is 2. The Morgan fingerprint density at radius 3 is 2.45 bits per heavy atom. The number of aromatic nitrogens is 1. The van der Waals surface area contributed by atoms with Crippen molar-refractivity contribution in [1.29, 1.82) is 5.26 Å². The molecule has 0 aromatic carbocycles. The second-order valence-electron chi connectivity index (χ2n) is 5.33. The average Bonchev–Trinajstić information content (AvgIpc) is 2.50. The summed E-state index contributed by atoms with van der Waals surface area (Å²) in [6.07, 6.45) is -6.52. The van der Waals surface area contributed by atoms with Crippen molar-refractivity contribution in [2.75, 3.05) is 6.61 Å². The van der Waals surface area contributed by atoms with E-state index in [4.69, 9.17) is 22.2 Å². The van der Waals surface area contributed by atoms with Gasteiger partial charge in [-0.05, 0) is 25.5 Å². The fourth-order valence-electron chi connectivity index (χ4n) is 2.54. The highest BCUT2D eigenvalue weighted by molar-refractivity contribution is 7.71.